The Hall–Kier alpha value is -1.83. The molecule has 0 amide bonds. The number of ether oxygens (including phenoxy) is 1. The summed E-state index contributed by atoms with van der Waals surface area (Å²) < 4.78 is 7.37. The van der Waals surface area contributed by atoms with Gasteiger partial charge in [-0.25, -0.2) is 15.0 Å². The molecule has 2 aliphatic heterocycles. The Kier molecular flexibility index (Phi) is 4.54. The molecule has 12 heteroatoms. The van der Waals surface area contributed by atoms with Crippen molar-refractivity contribution < 1.29 is 24.6 Å². The third-order valence-corrected chi connectivity index (χ3v) is 5.51. The second-order valence-corrected chi connectivity index (χ2v) is 7.32. The Morgan fingerprint density at radius 3 is 2.92 bits per heavy atom. The fourth-order valence-electron chi connectivity index (χ4n) is 2.85. The van der Waals surface area contributed by atoms with E-state index in [1.54, 1.807) is 0 Å². The first kappa shape index (κ1) is 17.6. The van der Waals surface area contributed by atoms with E-state index in [2.05, 4.69) is 20.4 Å². The number of hydroxylamine groups is 1. The quantitative estimate of drug-likeness (QED) is 0.252. The average Bonchev–Trinajstić information content (AvgIpc) is 3.21. The van der Waals surface area contributed by atoms with Crippen LogP contribution >= 0.6 is 11.8 Å². The van der Waals surface area contributed by atoms with Crippen LogP contribution in [0.3, 0.4) is 0 Å². The Labute approximate surface area is 151 Å². The van der Waals surface area contributed by atoms with Crippen LogP contribution in [0, 0.1) is 0 Å². The summed E-state index contributed by atoms with van der Waals surface area (Å²) in [6, 6.07) is 0. The SMILES string of the molecule is Nc1ncnc2c1ncn2[C@@H]1O[C@H](CSCC[C@]2(C=O)NO2)[C@@H](O)[C@H]1O. The predicted molar refractivity (Wildman–Crippen MR) is 90.6 cm³/mol. The molecule has 140 valence electrons. The van der Waals surface area contributed by atoms with E-state index in [-0.39, 0.29) is 5.82 Å². The molecule has 4 rings (SSSR count). The zero-order valence-electron chi connectivity index (χ0n) is 13.6. The zero-order chi connectivity index (χ0) is 18.3. The van der Waals surface area contributed by atoms with Gasteiger partial charge in [0.15, 0.2) is 24.0 Å². The topological polar surface area (TPSA) is 171 Å². The largest absolute Gasteiger partial charge is 0.387 e. The molecule has 2 fully saturated rings. The minimum atomic E-state index is -1.14. The Balaban J connectivity index is 1.41. The number of hydrogen-bond acceptors (Lipinski definition) is 11. The number of hydrogen-bond donors (Lipinski definition) is 4. The number of carbonyl (C=O) groups excluding carboxylic acids is 1. The maximum Gasteiger partial charge on any atom is 0.217 e. The van der Waals surface area contributed by atoms with Crippen LogP contribution in [0.2, 0.25) is 0 Å². The van der Waals surface area contributed by atoms with E-state index in [9.17, 15) is 15.0 Å². The minimum absolute atomic E-state index is 0.230. The molecular formula is C14H18N6O5S. The van der Waals surface area contributed by atoms with Crippen molar-refractivity contribution in [3.8, 4) is 0 Å². The molecule has 2 aliphatic rings. The standard InChI is InChI=1S/C14H18N6O5S/c15-11-8-12(17-5-16-11)20(6-18-8)13-10(23)9(22)7(24-13)3-26-2-1-14(4-21)19-25-14/h4-7,9-10,13,19,22-23H,1-3H2,(H2,15,16,17)/t7-,9-,10-,13-,14+/m1/s1. The van der Waals surface area contributed by atoms with Crippen LogP contribution in [0.5, 0.6) is 0 Å². The summed E-state index contributed by atoms with van der Waals surface area (Å²) in [6.45, 7) is 0. The van der Waals surface area contributed by atoms with Crippen LogP contribution in [-0.2, 0) is 14.4 Å². The average molecular weight is 382 g/mol. The number of nitrogens with one attached hydrogen (secondary N) is 1. The molecule has 26 heavy (non-hydrogen) atoms. The Morgan fingerprint density at radius 2 is 2.19 bits per heavy atom. The maximum absolute atomic E-state index is 10.8. The van der Waals surface area contributed by atoms with Crippen molar-refractivity contribution in [1.82, 2.24) is 25.0 Å². The summed E-state index contributed by atoms with van der Waals surface area (Å²) in [5, 5.41) is 20.7. The number of thioether (sulfide) groups is 1. The van der Waals surface area contributed by atoms with Crippen molar-refractivity contribution in [2.75, 3.05) is 17.2 Å². The number of aliphatic hydroxyl groups excluding tert-OH is 2. The van der Waals surface area contributed by atoms with Crippen molar-refractivity contribution in [2.24, 2.45) is 0 Å². The van der Waals surface area contributed by atoms with Gasteiger partial charge in [0.25, 0.3) is 0 Å². The molecule has 2 saturated heterocycles. The summed E-state index contributed by atoms with van der Waals surface area (Å²) in [7, 11) is 0. The molecule has 2 aromatic rings. The van der Waals surface area contributed by atoms with Crippen molar-refractivity contribution >= 4 is 35.0 Å². The fraction of sp³-hybridized carbons (Fsp3) is 0.571. The second-order valence-electron chi connectivity index (χ2n) is 6.17. The molecule has 11 nitrogen and oxygen atoms in total. The molecule has 5 N–H and O–H groups in total. The van der Waals surface area contributed by atoms with Gasteiger partial charge in [-0.2, -0.15) is 17.2 Å². The number of nitrogen functional groups attached to an aromatic ring is 1. The third-order valence-electron chi connectivity index (χ3n) is 4.45. The van der Waals surface area contributed by atoms with E-state index in [1.807, 2.05) is 0 Å². The highest BCUT2D eigenvalue weighted by Crippen LogP contribution is 2.33. The van der Waals surface area contributed by atoms with Crippen molar-refractivity contribution in [3.63, 3.8) is 0 Å². The lowest BCUT2D eigenvalue weighted by Crippen LogP contribution is -2.32. The monoisotopic (exact) mass is 382 g/mol. The third kappa shape index (κ3) is 3.04. The van der Waals surface area contributed by atoms with Gasteiger partial charge in [-0.1, -0.05) is 0 Å². The summed E-state index contributed by atoms with van der Waals surface area (Å²) >= 11 is 1.50. The van der Waals surface area contributed by atoms with E-state index in [4.69, 9.17) is 15.3 Å². The molecular weight excluding hydrogens is 364 g/mol. The molecule has 4 heterocycles. The van der Waals surface area contributed by atoms with Crippen LogP contribution in [0.4, 0.5) is 5.82 Å². The van der Waals surface area contributed by atoms with Gasteiger partial charge < -0.3 is 20.7 Å². The molecule has 0 aromatic carbocycles. The van der Waals surface area contributed by atoms with Gasteiger partial charge in [-0.15, -0.1) is 0 Å². The molecule has 0 saturated carbocycles. The molecule has 0 aliphatic carbocycles. The van der Waals surface area contributed by atoms with Crippen molar-refractivity contribution in [2.45, 2.75) is 36.7 Å². The number of aliphatic hydroxyl groups is 2. The molecule has 0 bridgehead atoms. The second kappa shape index (κ2) is 6.72. The van der Waals surface area contributed by atoms with Crippen LogP contribution in [0.25, 0.3) is 11.2 Å². The van der Waals surface area contributed by atoms with E-state index < -0.39 is 30.3 Å². The zero-order valence-corrected chi connectivity index (χ0v) is 14.4. The smallest absolute Gasteiger partial charge is 0.217 e. The molecule has 0 radical (unpaired) electrons. The summed E-state index contributed by atoms with van der Waals surface area (Å²) in [5.41, 5.74) is 8.29. The van der Waals surface area contributed by atoms with Gasteiger partial charge in [-0.3, -0.25) is 14.2 Å². The number of nitrogens with two attached hydrogens (primary N) is 1. The van der Waals surface area contributed by atoms with Gasteiger partial charge >= 0.3 is 0 Å². The highest BCUT2D eigenvalue weighted by Gasteiger charge is 2.46. The molecule has 0 spiro atoms. The highest BCUT2D eigenvalue weighted by molar-refractivity contribution is 7.99. The van der Waals surface area contributed by atoms with Gasteiger partial charge in [-0.05, 0) is 5.75 Å². The number of imidazole rings is 1. The number of aromatic nitrogens is 4. The number of rotatable bonds is 7. The normalized spacial score (nSPS) is 33.6. The summed E-state index contributed by atoms with van der Waals surface area (Å²) in [5.74, 6) is 1.32. The van der Waals surface area contributed by atoms with Crippen molar-refractivity contribution in [3.05, 3.63) is 12.7 Å². The Morgan fingerprint density at radius 1 is 1.38 bits per heavy atom. The Bertz CT molecular complexity index is 814. The van der Waals surface area contributed by atoms with E-state index >= 15 is 0 Å². The van der Waals surface area contributed by atoms with Crippen LogP contribution < -0.4 is 11.2 Å². The van der Waals surface area contributed by atoms with Gasteiger partial charge in [0.05, 0.1) is 12.4 Å². The lowest BCUT2D eigenvalue weighted by Gasteiger charge is -2.16. The first-order valence-corrected chi connectivity index (χ1v) is 9.14. The van der Waals surface area contributed by atoms with Gasteiger partial charge in [0.2, 0.25) is 5.72 Å². The minimum Gasteiger partial charge on any atom is -0.387 e. The van der Waals surface area contributed by atoms with E-state index in [0.717, 1.165) is 6.29 Å². The lowest BCUT2D eigenvalue weighted by molar-refractivity contribution is -0.112. The maximum atomic E-state index is 10.8. The van der Waals surface area contributed by atoms with Gasteiger partial charge in [0, 0.05) is 12.2 Å². The van der Waals surface area contributed by atoms with Crippen LogP contribution in [0.1, 0.15) is 12.6 Å². The van der Waals surface area contributed by atoms with Crippen LogP contribution in [0.15, 0.2) is 12.7 Å². The molecule has 0 unspecified atom stereocenters. The number of aldehydes is 1. The fourth-order valence-corrected chi connectivity index (χ4v) is 3.97. The van der Waals surface area contributed by atoms with E-state index in [1.165, 1.54) is 29.0 Å². The number of nitrogens with zero attached hydrogens (tertiary/aromatic N) is 4. The van der Waals surface area contributed by atoms with Crippen LogP contribution in [-0.4, -0.2) is 71.6 Å². The molecule has 5 atom stereocenters. The predicted octanol–water partition coefficient (Wildman–Crippen LogP) is -1.42. The number of anilines is 1. The summed E-state index contributed by atoms with van der Waals surface area (Å²) in [4.78, 5) is 27.9. The lowest BCUT2D eigenvalue weighted by atomic mass is 10.1. The summed E-state index contributed by atoms with van der Waals surface area (Å²) in [6.07, 6.45) is 0.405. The first-order chi connectivity index (χ1) is 12.5. The highest BCUT2D eigenvalue weighted by atomic mass is 32.2. The van der Waals surface area contributed by atoms with Crippen molar-refractivity contribution in [1.29, 1.82) is 0 Å². The van der Waals surface area contributed by atoms with Gasteiger partial charge in [0.1, 0.15) is 24.1 Å². The molecule has 2 aromatic heterocycles. The first-order valence-electron chi connectivity index (χ1n) is 7.98. The van der Waals surface area contributed by atoms with E-state index in [0.29, 0.717) is 29.1 Å². The number of fused-ring (bicyclic) bond motifs is 1. The number of carbonyl (C=O) groups is 1.